The van der Waals surface area contributed by atoms with E-state index in [4.69, 9.17) is 0 Å². The minimum Gasteiger partial charge on any atom is -0.323 e. The second-order valence-electron chi connectivity index (χ2n) is 4.15. The van der Waals surface area contributed by atoms with Gasteiger partial charge in [-0.2, -0.15) is 0 Å². The molecule has 0 aromatic rings. The predicted octanol–water partition coefficient (Wildman–Crippen LogP) is 1.13. The first-order valence-corrected chi connectivity index (χ1v) is 5.39. The monoisotopic (exact) mass is 201 g/mol. The van der Waals surface area contributed by atoms with E-state index in [2.05, 4.69) is 0 Å². The molecule has 1 aliphatic rings. The molecule has 13 heavy (non-hydrogen) atoms. The van der Waals surface area contributed by atoms with Crippen LogP contribution in [0.1, 0.15) is 20.8 Å². The zero-order valence-corrected chi connectivity index (χ0v) is 9.06. The van der Waals surface area contributed by atoms with Gasteiger partial charge in [-0.15, -0.1) is 11.8 Å². The molecule has 1 atom stereocenters. The third kappa shape index (κ3) is 2.24. The third-order valence-corrected chi connectivity index (χ3v) is 3.07. The summed E-state index contributed by atoms with van der Waals surface area (Å²) in [5, 5.41) is -0.258. The molecule has 4 heteroatoms. The van der Waals surface area contributed by atoms with Crippen molar-refractivity contribution >= 4 is 24.0 Å². The Morgan fingerprint density at radius 2 is 2.15 bits per heavy atom. The third-order valence-electron chi connectivity index (χ3n) is 1.95. The minimum absolute atomic E-state index is 0.0644. The molecule has 0 radical (unpaired) electrons. The van der Waals surface area contributed by atoms with Gasteiger partial charge in [-0.3, -0.25) is 4.79 Å². The second-order valence-corrected chi connectivity index (χ2v) is 5.37. The number of hydrogen-bond donors (Lipinski definition) is 0. The van der Waals surface area contributed by atoms with Crippen LogP contribution in [0.4, 0.5) is 0 Å². The molecule has 0 aromatic carbocycles. The molecular weight excluding hydrogens is 186 g/mol. The normalized spacial score (nSPS) is 23.3. The summed E-state index contributed by atoms with van der Waals surface area (Å²) >= 11 is 1.53. The molecule has 0 N–H and O–H groups in total. The first-order chi connectivity index (χ1) is 5.96. The Bertz CT molecular complexity index is 222. The maximum atomic E-state index is 11.8. The maximum Gasteiger partial charge on any atom is 0.229 e. The average molecular weight is 201 g/mol. The first kappa shape index (κ1) is 10.6. The van der Waals surface area contributed by atoms with Crippen molar-refractivity contribution < 1.29 is 9.59 Å². The summed E-state index contributed by atoms with van der Waals surface area (Å²) in [6.45, 7) is 6.32. The fraction of sp³-hybridized carbons (Fsp3) is 0.778. The number of nitrogens with zero attached hydrogens (tertiary/aromatic N) is 1. The Labute approximate surface area is 82.9 Å². The number of carbonyl (C=O) groups excluding carboxylic acids is 2. The number of rotatable bonds is 1. The predicted molar refractivity (Wildman–Crippen MR) is 53.5 cm³/mol. The molecule has 0 saturated carbocycles. The second kappa shape index (κ2) is 3.70. The van der Waals surface area contributed by atoms with Crippen LogP contribution in [0.25, 0.3) is 0 Å². The fourth-order valence-electron chi connectivity index (χ4n) is 1.25. The highest BCUT2D eigenvalue weighted by molar-refractivity contribution is 8.00. The molecular formula is C9H15NO2S. The SMILES string of the molecule is CC(C)(C)C(=O)N1CCSC1C=O. The molecule has 0 aromatic heterocycles. The zero-order chi connectivity index (χ0) is 10.1. The summed E-state index contributed by atoms with van der Waals surface area (Å²) in [5.74, 6) is 0.931. The van der Waals surface area contributed by atoms with Crippen molar-refractivity contribution in [2.75, 3.05) is 12.3 Å². The molecule has 1 heterocycles. The van der Waals surface area contributed by atoms with Crippen molar-refractivity contribution in [3.05, 3.63) is 0 Å². The van der Waals surface area contributed by atoms with Gasteiger partial charge in [0.15, 0.2) is 6.29 Å². The Morgan fingerprint density at radius 3 is 2.62 bits per heavy atom. The van der Waals surface area contributed by atoms with Crippen LogP contribution in [-0.2, 0) is 9.59 Å². The molecule has 74 valence electrons. The van der Waals surface area contributed by atoms with E-state index >= 15 is 0 Å². The van der Waals surface area contributed by atoms with Gasteiger partial charge >= 0.3 is 0 Å². The molecule has 0 bridgehead atoms. The number of hydrogen-bond acceptors (Lipinski definition) is 3. The van der Waals surface area contributed by atoms with Crippen molar-refractivity contribution in [1.29, 1.82) is 0 Å². The number of carbonyl (C=O) groups is 2. The highest BCUT2D eigenvalue weighted by atomic mass is 32.2. The topological polar surface area (TPSA) is 37.4 Å². The van der Waals surface area contributed by atoms with E-state index in [0.29, 0.717) is 6.54 Å². The summed E-state index contributed by atoms with van der Waals surface area (Å²) in [6, 6.07) is 0. The van der Waals surface area contributed by atoms with Gasteiger partial charge in [0.1, 0.15) is 5.37 Å². The van der Waals surface area contributed by atoms with Gasteiger partial charge in [-0.25, -0.2) is 0 Å². The van der Waals surface area contributed by atoms with Crippen LogP contribution in [0.3, 0.4) is 0 Å². The lowest BCUT2D eigenvalue weighted by Gasteiger charge is -2.27. The lowest BCUT2D eigenvalue weighted by atomic mass is 9.95. The molecule has 3 nitrogen and oxygen atoms in total. The molecule has 1 rings (SSSR count). The fourth-order valence-corrected chi connectivity index (χ4v) is 2.25. The standard InChI is InChI=1S/C9H15NO2S/c1-9(2,3)8(12)10-4-5-13-7(10)6-11/h6-7H,4-5H2,1-3H3. The Morgan fingerprint density at radius 1 is 1.54 bits per heavy atom. The minimum atomic E-state index is -0.383. The zero-order valence-electron chi connectivity index (χ0n) is 8.24. The van der Waals surface area contributed by atoms with E-state index in [1.807, 2.05) is 20.8 Å². The molecule has 0 spiro atoms. The molecule has 1 unspecified atom stereocenters. The van der Waals surface area contributed by atoms with Gasteiger partial charge in [-0.05, 0) is 0 Å². The number of amides is 1. The Balaban J connectivity index is 2.71. The first-order valence-electron chi connectivity index (χ1n) is 4.35. The van der Waals surface area contributed by atoms with E-state index in [-0.39, 0.29) is 16.7 Å². The smallest absolute Gasteiger partial charge is 0.229 e. The average Bonchev–Trinajstić information content (AvgIpc) is 2.48. The molecule has 1 fully saturated rings. The van der Waals surface area contributed by atoms with Gasteiger partial charge in [0, 0.05) is 17.7 Å². The lowest BCUT2D eigenvalue weighted by Crippen LogP contribution is -2.42. The highest BCUT2D eigenvalue weighted by Gasteiger charge is 2.34. The quantitative estimate of drug-likeness (QED) is 0.597. The van der Waals surface area contributed by atoms with E-state index in [1.54, 1.807) is 4.90 Å². The summed E-state index contributed by atoms with van der Waals surface area (Å²) in [5.41, 5.74) is -0.383. The van der Waals surface area contributed by atoms with E-state index in [1.165, 1.54) is 11.8 Å². The van der Waals surface area contributed by atoms with E-state index in [9.17, 15) is 9.59 Å². The van der Waals surface area contributed by atoms with Crippen LogP contribution in [-0.4, -0.2) is 34.8 Å². The van der Waals surface area contributed by atoms with Crippen LogP contribution >= 0.6 is 11.8 Å². The highest BCUT2D eigenvalue weighted by Crippen LogP contribution is 2.27. The Hall–Kier alpha value is -0.510. The van der Waals surface area contributed by atoms with Crippen LogP contribution in [0, 0.1) is 5.41 Å². The number of aldehydes is 1. The largest absolute Gasteiger partial charge is 0.323 e. The molecule has 1 saturated heterocycles. The number of thioether (sulfide) groups is 1. The van der Waals surface area contributed by atoms with Gasteiger partial charge in [0.25, 0.3) is 0 Å². The van der Waals surface area contributed by atoms with Gasteiger partial charge in [0.2, 0.25) is 5.91 Å². The Kier molecular flexibility index (Phi) is 3.01. The lowest BCUT2D eigenvalue weighted by molar-refractivity contribution is -0.140. The summed E-state index contributed by atoms with van der Waals surface area (Å²) < 4.78 is 0. The summed E-state index contributed by atoms with van der Waals surface area (Å²) in [4.78, 5) is 24.1. The summed E-state index contributed by atoms with van der Waals surface area (Å²) in [6.07, 6.45) is 0.849. The van der Waals surface area contributed by atoms with E-state index in [0.717, 1.165) is 12.0 Å². The van der Waals surface area contributed by atoms with Gasteiger partial charge in [-0.1, -0.05) is 20.8 Å². The molecule has 1 aliphatic heterocycles. The van der Waals surface area contributed by atoms with Crippen LogP contribution in [0.5, 0.6) is 0 Å². The van der Waals surface area contributed by atoms with Crippen molar-refractivity contribution in [1.82, 2.24) is 4.90 Å². The molecule has 1 amide bonds. The van der Waals surface area contributed by atoms with Crippen molar-refractivity contribution in [3.8, 4) is 0 Å². The van der Waals surface area contributed by atoms with Crippen molar-refractivity contribution in [2.24, 2.45) is 5.41 Å². The van der Waals surface area contributed by atoms with E-state index < -0.39 is 0 Å². The van der Waals surface area contributed by atoms with Gasteiger partial charge < -0.3 is 9.69 Å². The van der Waals surface area contributed by atoms with Crippen LogP contribution in [0.2, 0.25) is 0 Å². The van der Waals surface area contributed by atoms with Crippen LogP contribution in [0.15, 0.2) is 0 Å². The van der Waals surface area contributed by atoms with Crippen molar-refractivity contribution in [3.63, 3.8) is 0 Å². The van der Waals surface area contributed by atoms with Gasteiger partial charge in [0.05, 0.1) is 0 Å². The summed E-state index contributed by atoms with van der Waals surface area (Å²) in [7, 11) is 0. The molecule has 0 aliphatic carbocycles. The maximum absolute atomic E-state index is 11.8. The van der Waals surface area contributed by atoms with Crippen LogP contribution < -0.4 is 0 Å². The van der Waals surface area contributed by atoms with Crippen molar-refractivity contribution in [2.45, 2.75) is 26.1 Å².